The predicted molar refractivity (Wildman–Crippen MR) is 59.8 cm³/mol. The van der Waals surface area contributed by atoms with Crippen molar-refractivity contribution in [2.45, 2.75) is 44.1 Å². The van der Waals surface area contributed by atoms with E-state index < -0.39 is 0 Å². The number of hydrogen-bond acceptors (Lipinski definition) is 3. The summed E-state index contributed by atoms with van der Waals surface area (Å²) in [6.45, 7) is 1.18. The third kappa shape index (κ3) is 1.41. The van der Waals surface area contributed by atoms with Crippen LogP contribution in [0.4, 0.5) is 5.82 Å². The molecule has 1 aliphatic carbocycles. The maximum atomic E-state index is 4.37. The quantitative estimate of drug-likeness (QED) is 0.701. The number of nitrogens with zero attached hydrogens (tertiary/aromatic N) is 3. The van der Waals surface area contributed by atoms with Crippen LogP contribution in [0, 0.1) is 0 Å². The van der Waals surface area contributed by atoms with E-state index in [-0.39, 0.29) is 0 Å². The number of aromatic nitrogens is 2. The SMILES string of the molecule is c1cc(N2CCC23CCCCC3)ncn1. The van der Waals surface area contributed by atoms with Gasteiger partial charge in [-0.3, -0.25) is 0 Å². The van der Waals surface area contributed by atoms with E-state index in [0.717, 1.165) is 5.82 Å². The molecule has 0 bridgehead atoms. The second-order valence-corrected chi connectivity index (χ2v) is 4.75. The first-order valence-corrected chi connectivity index (χ1v) is 5.94. The maximum absolute atomic E-state index is 4.37. The Hall–Kier alpha value is -1.12. The molecule has 0 atom stereocenters. The van der Waals surface area contributed by atoms with E-state index in [1.165, 1.54) is 45.1 Å². The topological polar surface area (TPSA) is 29.0 Å². The van der Waals surface area contributed by atoms with Gasteiger partial charge in [0.05, 0.1) is 0 Å². The van der Waals surface area contributed by atoms with Crippen molar-refractivity contribution in [3.63, 3.8) is 0 Å². The van der Waals surface area contributed by atoms with Crippen molar-refractivity contribution < 1.29 is 0 Å². The summed E-state index contributed by atoms with van der Waals surface area (Å²) >= 11 is 0. The molecule has 15 heavy (non-hydrogen) atoms. The molecule has 1 aromatic heterocycles. The number of anilines is 1. The molecule has 3 nitrogen and oxygen atoms in total. The van der Waals surface area contributed by atoms with Gasteiger partial charge in [-0.1, -0.05) is 19.3 Å². The molecule has 0 unspecified atom stereocenters. The lowest BCUT2D eigenvalue weighted by Gasteiger charge is -2.55. The van der Waals surface area contributed by atoms with Gasteiger partial charge in [0.2, 0.25) is 0 Å². The van der Waals surface area contributed by atoms with E-state index >= 15 is 0 Å². The van der Waals surface area contributed by atoms with E-state index in [9.17, 15) is 0 Å². The Kier molecular flexibility index (Phi) is 2.11. The molecule has 1 spiro atoms. The first-order valence-electron chi connectivity index (χ1n) is 5.94. The van der Waals surface area contributed by atoms with Gasteiger partial charge in [-0.15, -0.1) is 0 Å². The molecule has 0 aromatic carbocycles. The smallest absolute Gasteiger partial charge is 0.132 e. The lowest BCUT2D eigenvalue weighted by Crippen LogP contribution is -2.61. The Morgan fingerprint density at radius 3 is 2.60 bits per heavy atom. The van der Waals surface area contributed by atoms with E-state index in [2.05, 4.69) is 14.9 Å². The Balaban J connectivity index is 1.83. The van der Waals surface area contributed by atoms with Crippen molar-refractivity contribution in [2.24, 2.45) is 0 Å². The fraction of sp³-hybridized carbons (Fsp3) is 0.667. The highest BCUT2D eigenvalue weighted by atomic mass is 15.3. The zero-order valence-corrected chi connectivity index (χ0v) is 9.02. The maximum Gasteiger partial charge on any atom is 0.132 e. The normalized spacial score (nSPS) is 23.9. The van der Waals surface area contributed by atoms with Gasteiger partial charge in [-0.25, -0.2) is 9.97 Å². The van der Waals surface area contributed by atoms with Gasteiger partial charge in [0.1, 0.15) is 12.1 Å². The minimum absolute atomic E-state index is 0.465. The summed E-state index contributed by atoms with van der Waals surface area (Å²) in [5.41, 5.74) is 0.465. The predicted octanol–water partition coefficient (Wildman–Crippen LogP) is 2.39. The van der Waals surface area contributed by atoms with Crippen molar-refractivity contribution in [3.8, 4) is 0 Å². The van der Waals surface area contributed by atoms with Gasteiger partial charge in [-0.2, -0.15) is 0 Å². The van der Waals surface area contributed by atoms with E-state index in [0.29, 0.717) is 5.54 Å². The Labute approximate surface area is 90.5 Å². The highest BCUT2D eigenvalue weighted by Crippen LogP contribution is 2.44. The molecule has 1 saturated heterocycles. The fourth-order valence-electron chi connectivity index (χ4n) is 3.07. The fourth-order valence-corrected chi connectivity index (χ4v) is 3.07. The third-order valence-corrected chi connectivity index (χ3v) is 4.00. The van der Waals surface area contributed by atoms with E-state index in [4.69, 9.17) is 0 Å². The highest BCUT2D eigenvalue weighted by molar-refractivity contribution is 5.45. The molecular formula is C12H17N3. The van der Waals surface area contributed by atoms with Crippen LogP contribution in [-0.2, 0) is 0 Å². The monoisotopic (exact) mass is 203 g/mol. The first kappa shape index (κ1) is 9.13. The first-order chi connectivity index (χ1) is 7.41. The van der Waals surface area contributed by atoms with Crippen LogP contribution in [0.3, 0.4) is 0 Å². The highest BCUT2D eigenvalue weighted by Gasteiger charge is 2.45. The van der Waals surface area contributed by atoms with Crippen molar-refractivity contribution in [2.75, 3.05) is 11.4 Å². The molecule has 80 valence electrons. The molecule has 1 aromatic rings. The average Bonchev–Trinajstić information content (AvgIpc) is 2.30. The molecule has 0 radical (unpaired) electrons. The van der Waals surface area contributed by atoms with Gasteiger partial charge in [0.25, 0.3) is 0 Å². The number of rotatable bonds is 1. The summed E-state index contributed by atoms with van der Waals surface area (Å²) in [4.78, 5) is 10.8. The summed E-state index contributed by atoms with van der Waals surface area (Å²) in [6, 6.07) is 2.04. The minimum atomic E-state index is 0.465. The molecular weight excluding hydrogens is 186 g/mol. The van der Waals surface area contributed by atoms with Crippen molar-refractivity contribution in [3.05, 3.63) is 18.6 Å². The van der Waals surface area contributed by atoms with Gasteiger partial charge in [-0.05, 0) is 25.3 Å². The minimum Gasteiger partial charge on any atom is -0.351 e. The average molecular weight is 203 g/mol. The van der Waals surface area contributed by atoms with Crippen LogP contribution in [0.5, 0.6) is 0 Å². The lowest BCUT2D eigenvalue weighted by atomic mass is 9.73. The third-order valence-electron chi connectivity index (χ3n) is 4.00. The Morgan fingerprint density at radius 1 is 1.13 bits per heavy atom. The van der Waals surface area contributed by atoms with Crippen LogP contribution in [0.2, 0.25) is 0 Å². The summed E-state index contributed by atoms with van der Waals surface area (Å²) in [6.07, 6.45) is 11.8. The van der Waals surface area contributed by atoms with Gasteiger partial charge >= 0.3 is 0 Å². The van der Waals surface area contributed by atoms with E-state index in [1.807, 2.05) is 12.3 Å². The molecule has 2 heterocycles. The zero-order valence-electron chi connectivity index (χ0n) is 9.02. The molecule has 1 aliphatic heterocycles. The van der Waals surface area contributed by atoms with Gasteiger partial charge in [0, 0.05) is 18.3 Å². The van der Waals surface area contributed by atoms with Crippen LogP contribution < -0.4 is 4.90 Å². The Bertz CT molecular complexity index is 330. The van der Waals surface area contributed by atoms with Gasteiger partial charge < -0.3 is 4.90 Å². The second-order valence-electron chi connectivity index (χ2n) is 4.75. The van der Waals surface area contributed by atoms with Crippen LogP contribution in [0.15, 0.2) is 18.6 Å². The van der Waals surface area contributed by atoms with Crippen LogP contribution in [0.25, 0.3) is 0 Å². The van der Waals surface area contributed by atoms with Crippen LogP contribution >= 0.6 is 0 Å². The van der Waals surface area contributed by atoms with Crippen LogP contribution in [-0.4, -0.2) is 22.1 Å². The van der Waals surface area contributed by atoms with Crippen LogP contribution in [0.1, 0.15) is 38.5 Å². The molecule has 1 saturated carbocycles. The second kappa shape index (κ2) is 3.47. The van der Waals surface area contributed by atoms with Crippen molar-refractivity contribution >= 4 is 5.82 Å². The standard InChI is InChI=1S/C12H17N3/c1-2-5-12(6-3-1)7-9-15(12)11-4-8-13-10-14-11/h4,8,10H,1-3,5-7,9H2. The Morgan fingerprint density at radius 2 is 2.00 bits per heavy atom. The summed E-state index contributed by atoms with van der Waals surface area (Å²) in [5, 5.41) is 0. The molecule has 3 heteroatoms. The van der Waals surface area contributed by atoms with Gasteiger partial charge in [0.15, 0.2) is 0 Å². The number of hydrogen-bond donors (Lipinski definition) is 0. The largest absolute Gasteiger partial charge is 0.351 e. The molecule has 2 aliphatic rings. The lowest BCUT2D eigenvalue weighted by molar-refractivity contribution is 0.194. The summed E-state index contributed by atoms with van der Waals surface area (Å²) in [7, 11) is 0. The molecule has 3 rings (SSSR count). The molecule has 0 N–H and O–H groups in total. The van der Waals surface area contributed by atoms with E-state index in [1.54, 1.807) is 6.33 Å². The zero-order chi connectivity index (χ0) is 10.1. The molecule has 0 amide bonds. The summed E-state index contributed by atoms with van der Waals surface area (Å²) in [5.74, 6) is 1.12. The molecule has 2 fully saturated rings. The van der Waals surface area contributed by atoms with Crippen molar-refractivity contribution in [1.29, 1.82) is 0 Å². The van der Waals surface area contributed by atoms with Crippen molar-refractivity contribution in [1.82, 2.24) is 9.97 Å². The summed E-state index contributed by atoms with van der Waals surface area (Å²) < 4.78 is 0.